The molecule has 1 unspecified atom stereocenters. The monoisotopic (exact) mass is 350 g/mol. The van der Waals surface area contributed by atoms with Gasteiger partial charge in [0.15, 0.2) is 0 Å². The van der Waals surface area contributed by atoms with Crippen molar-refractivity contribution in [1.82, 2.24) is 5.43 Å². The minimum absolute atomic E-state index is 0.101. The van der Waals surface area contributed by atoms with Crippen molar-refractivity contribution in [2.75, 3.05) is 0 Å². The summed E-state index contributed by atoms with van der Waals surface area (Å²) in [5.41, 5.74) is 5.89. The molecule has 112 valence electrons. The van der Waals surface area contributed by atoms with Gasteiger partial charge in [-0.1, -0.05) is 57.2 Å². The number of hydrogen-bond donors (Lipinski definition) is 2. The summed E-state index contributed by atoms with van der Waals surface area (Å²) in [5, 5.41) is 0. The molecule has 21 heavy (non-hydrogen) atoms. The Kier molecular flexibility index (Phi) is 4.81. The molecule has 0 fully saturated rings. The molecule has 0 aliphatic rings. The van der Waals surface area contributed by atoms with Gasteiger partial charge in [0.1, 0.15) is 5.82 Å². The number of benzene rings is 2. The largest absolute Gasteiger partial charge is 0.271 e. The fourth-order valence-corrected chi connectivity index (χ4v) is 2.78. The molecule has 0 aliphatic heterocycles. The molecule has 0 saturated heterocycles. The molecule has 3 N–H and O–H groups in total. The normalized spacial score (nSPS) is 13.2. The maximum atomic E-state index is 13.7. The van der Waals surface area contributed by atoms with Crippen molar-refractivity contribution in [3.05, 3.63) is 69.4 Å². The van der Waals surface area contributed by atoms with Crippen LogP contribution in [0.15, 0.2) is 46.9 Å². The van der Waals surface area contributed by atoms with E-state index in [1.807, 2.05) is 18.2 Å². The van der Waals surface area contributed by atoms with Crippen LogP contribution in [0.4, 0.5) is 4.39 Å². The van der Waals surface area contributed by atoms with Gasteiger partial charge >= 0.3 is 0 Å². The molecular formula is C17H20BrFN2. The lowest BCUT2D eigenvalue weighted by molar-refractivity contribution is 0.585. The maximum absolute atomic E-state index is 13.7. The number of nitrogens with one attached hydrogen (secondary N) is 1. The van der Waals surface area contributed by atoms with Gasteiger partial charge in [-0.2, -0.15) is 0 Å². The van der Waals surface area contributed by atoms with Crippen LogP contribution in [0.2, 0.25) is 0 Å². The van der Waals surface area contributed by atoms with Crippen LogP contribution in [0.25, 0.3) is 0 Å². The van der Waals surface area contributed by atoms with Gasteiger partial charge < -0.3 is 0 Å². The Morgan fingerprint density at radius 2 is 1.71 bits per heavy atom. The van der Waals surface area contributed by atoms with Crippen molar-refractivity contribution in [1.29, 1.82) is 0 Å². The molecule has 0 saturated carbocycles. The first-order valence-corrected chi connectivity index (χ1v) is 7.64. The van der Waals surface area contributed by atoms with Crippen molar-refractivity contribution in [3.63, 3.8) is 0 Å². The first-order chi connectivity index (χ1) is 9.84. The average molecular weight is 351 g/mol. The van der Waals surface area contributed by atoms with Crippen molar-refractivity contribution in [3.8, 4) is 0 Å². The van der Waals surface area contributed by atoms with E-state index in [0.29, 0.717) is 4.47 Å². The van der Waals surface area contributed by atoms with Gasteiger partial charge in [0.25, 0.3) is 0 Å². The number of halogens is 2. The molecule has 0 amide bonds. The zero-order valence-electron chi connectivity index (χ0n) is 12.5. The van der Waals surface area contributed by atoms with Crippen LogP contribution in [0.5, 0.6) is 0 Å². The van der Waals surface area contributed by atoms with Gasteiger partial charge in [-0.05, 0) is 44.1 Å². The van der Waals surface area contributed by atoms with Crippen molar-refractivity contribution in [2.24, 2.45) is 5.84 Å². The standard InChI is InChI=1S/C17H20BrFN2/c1-17(2,3)12-9-7-11(8-10-12)16(21-20)13-5-4-6-14(19)15(13)18/h4-10,16,21H,20H2,1-3H3. The van der Waals surface area contributed by atoms with E-state index < -0.39 is 0 Å². The molecule has 0 aliphatic carbocycles. The van der Waals surface area contributed by atoms with Crippen LogP contribution in [-0.4, -0.2) is 0 Å². The lowest BCUT2D eigenvalue weighted by Gasteiger charge is -2.22. The van der Waals surface area contributed by atoms with Gasteiger partial charge in [-0.3, -0.25) is 5.84 Å². The Labute approximate surface area is 133 Å². The molecule has 0 bridgehead atoms. The predicted octanol–water partition coefficient (Wildman–Crippen LogP) is 4.44. The van der Waals surface area contributed by atoms with E-state index in [0.717, 1.165) is 11.1 Å². The lowest BCUT2D eigenvalue weighted by Crippen LogP contribution is -2.29. The second-order valence-electron chi connectivity index (χ2n) is 6.11. The second kappa shape index (κ2) is 6.26. The molecule has 2 aromatic carbocycles. The van der Waals surface area contributed by atoms with Crippen LogP contribution < -0.4 is 11.3 Å². The first-order valence-electron chi connectivity index (χ1n) is 6.85. The molecule has 2 aromatic rings. The molecule has 0 aromatic heterocycles. The predicted molar refractivity (Wildman–Crippen MR) is 88.4 cm³/mol. The van der Waals surface area contributed by atoms with E-state index in [9.17, 15) is 4.39 Å². The maximum Gasteiger partial charge on any atom is 0.137 e. The molecular weight excluding hydrogens is 331 g/mol. The summed E-state index contributed by atoms with van der Waals surface area (Å²) < 4.78 is 14.1. The summed E-state index contributed by atoms with van der Waals surface area (Å²) in [5.74, 6) is 5.39. The van der Waals surface area contributed by atoms with Gasteiger partial charge in [0, 0.05) is 0 Å². The van der Waals surface area contributed by atoms with Crippen LogP contribution in [-0.2, 0) is 5.41 Å². The van der Waals surface area contributed by atoms with Gasteiger partial charge in [0.2, 0.25) is 0 Å². The lowest BCUT2D eigenvalue weighted by atomic mass is 9.86. The fraction of sp³-hybridized carbons (Fsp3) is 0.294. The van der Waals surface area contributed by atoms with Gasteiger partial charge in [0.05, 0.1) is 10.5 Å². The highest BCUT2D eigenvalue weighted by molar-refractivity contribution is 9.10. The quantitative estimate of drug-likeness (QED) is 0.634. The minimum Gasteiger partial charge on any atom is -0.271 e. The van der Waals surface area contributed by atoms with Crippen LogP contribution in [0.3, 0.4) is 0 Å². The number of hydrogen-bond acceptors (Lipinski definition) is 2. The third kappa shape index (κ3) is 3.51. The summed E-state index contributed by atoms with van der Waals surface area (Å²) in [4.78, 5) is 0. The van der Waals surface area contributed by atoms with Crippen LogP contribution in [0.1, 0.15) is 43.5 Å². The van der Waals surface area contributed by atoms with Crippen LogP contribution >= 0.6 is 15.9 Å². The number of hydrazine groups is 1. The fourth-order valence-electron chi connectivity index (χ4n) is 2.28. The SMILES string of the molecule is CC(C)(C)c1ccc(C(NN)c2cccc(F)c2Br)cc1. The smallest absolute Gasteiger partial charge is 0.137 e. The summed E-state index contributed by atoms with van der Waals surface area (Å²) in [6.45, 7) is 6.51. The van der Waals surface area contributed by atoms with E-state index >= 15 is 0 Å². The van der Waals surface area contributed by atoms with E-state index in [1.165, 1.54) is 11.6 Å². The van der Waals surface area contributed by atoms with E-state index in [-0.39, 0.29) is 17.3 Å². The van der Waals surface area contributed by atoms with Crippen molar-refractivity contribution in [2.45, 2.75) is 32.2 Å². The summed E-state index contributed by atoms with van der Waals surface area (Å²) in [6, 6.07) is 12.9. The Morgan fingerprint density at radius 3 is 2.24 bits per heavy atom. The van der Waals surface area contributed by atoms with E-state index in [4.69, 9.17) is 5.84 Å². The Bertz CT molecular complexity index is 618. The topological polar surface area (TPSA) is 38.0 Å². The Hall–Kier alpha value is -1.23. The Morgan fingerprint density at radius 1 is 1.10 bits per heavy atom. The van der Waals surface area contributed by atoms with E-state index in [2.05, 4.69) is 54.3 Å². The summed E-state index contributed by atoms with van der Waals surface area (Å²) >= 11 is 3.29. The molecule has 2 rings (SSSR count). The highest BCUT2D eigenvalue weighted by atomic mass is 79.9. The minimum atomic E-state index is -0.293. The van der Waals surface area contributed by atoms with Crippen molar-refractivity contribution < 1.29 is 4.39 Å². The van der Waals surface area contributed by atoms with Gasteiger partial charge in [-0.25, -0.2) is 9.82 Å². The summed E-state index contributed by atoms with van der Waals surface area (Å²) in [6.07, 6.45) is 0. The number of rotatable bonds is 3. The zero-order chi connectivity index (χ0) is 15.6. The van der Waals surface area contributed by atoms with Crippen molar-refractivity contribution >= 4 is 15.9 Å². The third-order valence-corrected chi connectivity index (χ3v) is 4.41. The molecule has 0 spiro atoms. The molecule has 2 nitrogen and oxygen atoms in total. The number of nitrogens with two attached hydrogens (primary N) is 1. The first kappa shape index (κ1) is 16.1. The third-order valence-electron chi connectivity index (χ3n) is 3.57. The second-order valence-corrected chi connectivity index (χ2v) is 6.91. The Balaban J connectivity index is 2.40. The van der Waals surface area contributed by atoms with Crippen LogP contribution in [0, 0.1) is 5.82 Å². The van der Waals surface area contributed by atoms with Gasteiger partial charge in [-0.15, -0.1) is 0 Å². The van der Waals surface area contributed by atoms with E-state index in [1.54, 1.807) is 6.07 Å². The zero-order valence-corrected chi connectivity index (χ0v) is 14.0. The highest BCUT2D eigenvalue weighted by Crippen LogP contribution is 2.31. The molecule has 4 heteroatoms. The average Bonchev–Trinajstić information content (AvgIpc) is 2.44. The molecule has 0 radical (unpaired) electrons. The highest BCUT2D eigenvalue weighted by Gasteiger charge is 2.19. The molecule has 0 heterocycles. The summed E-state index contributed by atoms with van der Waals surface area (Å²) in [7, 11) is 0. The molecule has 1 atom stereocenters.